The van der Waals surface area contributed by atoms with Gasteiger partial charge in [0.1, 0.15) is 17.7 Å². The lowest BCUT2D eigenvalue weighted by Gasteiger charge is -2.43. The summed E-state index contributed by atoms with van der Waals surface area (Å²) in [7, 11) is 0. The van der Waals surface area contributed by atoms with Crippen LogP contribution >= 0.6 is 0 Å². The summed E-state index contributed by atoms with van der Waals surface area (Å²) in [5.41, 5.74) is 8.14. The minimum atomic E-state index is -0.707. The molecule has 0 spiro atoms. The number of hydrazine groups is 1. The Morgan fingerprint density at radius 2 is 1.75 bits per heavy atom. The first-order valence-electron chi connectivity index (χ1n) is 12.3. The molecule has 36 heavy (non-hydrogen) atoms. The summed E-state index contributed by atoms with van der Waals surface area (Å²) in [6, 6.07) is 24.5. The molecule has 2 heterocycles. The normalized spacial score (nSPS) is 21.2. The largest absolute Gasteiger partial charge is 0.513 e. The summed E-state index contributed by atoms with van der Waals surface area (Å²) >= 11 is 0. The molecule has 0 radical (unpaired) electrons. The molecule has 0 aliphatic carbocycles. The first-order valence-corrected chi connectivity index (χ1v) is 12.3. The number of nitrogens with one attached hydrogen (secondary N) is 2. The van der Waals surface area contributed by atoms with Crippen LogP contribution in [0.4, 0.5) is 4.79 Å². The molecular formula is C29H31N3O4. The number of para-hydroxylation sites is 1. The zero-order valence-corrected chi connectivity index (χ0v) is 20.7. The van der Waals surface area contributed by atoms with Crippen LogP contribution in [0.3, 0.4) is 0 Å². The second-order valence-corrected chi connectivity index (χ2v) is 9.09. The third-order valence-electron chi connectivity index (χ3n) is 6.57. The van der Waals surface area contributed by atoms with Crippen LogP contribution in [0.1, 0.15) is 47.7 Å². The van der Waals surface area contributed by atoms with Gasteiger partial charge in [-0.05, 0) is 68.1 Å². The Hall–Kier alpha value is -3.81. The molecule has 1 fully saturated rings. The molecule has 7 nitrogen and oxygen atoms in total. The van der Waals surface area contributed by atoms with Crippen LogP contribution in [0.25, 0.3) is 0 Å². The zero-order chi connectivity index (χ0) is 25.1. The van der Waals surface area contributed by atoms with Gasteiger partial charge in [-0.3, -0.25) is 5.32 Å². The Bertz CT molecular complexity index is 1240. The second-order valence-electron chi connectivity index (χ2n) is 9.09. The van der Waals surface area contributed by atoms with E-state index in [2.05, 4.69) is 59.9 Å². The molecule has 2 aliphatic heterocycles. The van der Waals surface area contributed by atoms with Crippen molar-refractivity contribution >= 4 is 6.16 Å². The first kappa shape index (κ1) is 23.9. The van der Waals surface area contributed by atoms with E-state index >= 15 is 0 Å². The minimum absolute atomic E-state index is 0.0248. The number of hydrogen-bond donors (Lipinski definition) is 2. The van der Waals surface area contributed by atoms with Crippen molar-refractivity contribution in [3.8, 4) is 11.5 Å². The van der Waals surface area contributed by atoms with E-state index < -0.39 is 6.16 Å². The van der Waals surface area contributed by atoms with Gasteiger partial charge in [0, 0.05) is 6.04 Å². The average molecular weight is 486 g/mol. The lowest BCUT2D eigenvalue weighted by molar-refractivity contribution is 0.0180. The van der Waals surface area contributed by atoms with Crippen LogP contribution in [0, 0.1) is 13.8 Å². The fourth-order valence-corrected chi connectivity index (χ4v) is 4.89. The van der Waals surface area contributed by atoms with Gasteiger partial charge in [0.15, 0.2) is 5.76 Å². The Labute approximate surface area is 211 Å². The van der Waals surface area contributed by atoms with Crippen molar-refractivity contribution in [2.75, 3.05) is 6.61 Å². The highest BCUT2D eigenvalue weighted by molar-refractivity contribution is 5.61. The van der Waals surface area contributed by atoms with Crippen LogP contribution in [0.15, 0.2) is 84.8 Å². The van der Waals surface area contributed by atoms with Crippen LogP contribution < -0.4 is 15.5 Å². The lowest BCUT2D eigenvalue weighted by atomic mass is 9.89. The predicted octanol–water partition coefficient (Wildman–Crippen LogP) is 6.03. The van der Waals surface area contributed by atoms with Crippen molar-refractivity contribution in [1.29, 1.82) is 0 Å². The summed E-state index contributed by atoms with van der Waals surface area (Å²) in [6.45, 7) is 6.26. The Balaban J connectivity index is 1.41. The predicted molar refractivity (Wildman–Crippen MR) is 137 cm³/mol. The summed E-state index contributed by atoms with van der Waals surface area (Å²) < 4.78 is 16.5. The van der Waals surface area contributed by atoms with E-state index in [9.17, 15) is 4.79 Å². The minimum Gasteiger partial charge on any atom is -0.457 e. The first-order chi connectivity index (χ1) is 17.5. The van der Waals surface area contributed by atoms with E-state index in [0.717, 1.165) is 23.5 Å². The fourth-order valence-electron chi connectivity index (χ4n) is 4.89. The second kappa shape index (κ2) is 10.4. The smallest absolute Gasteiger partial charge is 0.457 e. The number of benzene rings is 3. The number of aryl methyl sites for hydroxylation is 2. The zero-order valence-electron chi connectivity index (χ0n) is 20.7. The molecular weight excluding hydrogens is 454 g/mol. The van der Waals surface area contributed by atoms with Crippen LogP contribution in [-0.2, 0) is 9.47 Å². The third-order valence-corrected chi connectivity index (χ3v) is 6.57. The maximum Gasteiger partial charge on any atom is 0.513 e. The molecule has 7 heteroatoms. The van der Waals surface area contributed by atoms with E-state index in [1.54, 1.807) is 13.1 Å². The molecule has 2 N–H and O–H groups in total. The summed E-state index contributed by atoms with van der Waals surface area (Å²) in [4.78, 5) is 12.1. The lowest BCUT2D eigenvalue weighted by Crippen LogP contribution is -2.55. The molecule has 3 aromatic rings. The van der Waals surface area contributed by atoms with E-state index in [1.807, 2.05) is 42.5 Å². The van der Waals surface area contributed by atoms with Gasteiger partial charge < -0.3 is 19.6 Å². The maximum absolute atomic E-state index is 12.1. The molecule has 0 amide bonds. The third kappa shape index (κ3) is 5.08. The molecule has 0 bridgehead atoms. The number of fused-ring (bicyclic) bond motifs is 1. The molecule has 0 aromatic heterocycles. The van der Waals surface area contributed by atoms with E-state index in [4.69, 9.17) is 14.2 Å². The highest BCUT2D eigenvalue weighted by Gasteiger charge is 2.43. The van der Waals surface area contributed by atoms with Crippen LogP contribution in [0.2, 0.25) is 0 Å². The van der Waals surface area contributed by atoms with Gasteiger partial charge in [-0.15, -0.1) is 0 Å². The number of rotatable bonds is 6. The highest BCUT2D eigenvalue weighted by atomic mass is 16.7. The van der Waals surface area contributed by atoms with Gasteiger partial charge in [-0.1, -0.05) is 54.1 Å². The van der Waals surface area contributed by atoms with Crippen molar-refractivity contribution in [3.05, 3.63) is 107 Å². The summed E-state index contributed by atoms with van der Waals surface area (Å²) in [5.74, 6) is 2.06. The molecule has 2 aliphatic rings. The Kier molecular flexibility index (Phi) is 6.93. The number of carbonyl (C=O) groups is 1. The van der Waals surface area contributed by atoms with Gasteiger partial charge in [-0.2, -0.15) is 5.01 Å². The fraction of sp³-hybridized carbons (Fsp3) is 0.276. The SMILES string of the molecule is CCOC(=O)OC1=CNN2C1NC(c1ccc(Oc3ccccc3)cc1)CC2c1ccc(C)cc1C. The molecule has 3 atom stereocenters. The van der Waals surface area contributed by atoms with Crippen molar-refractivity contribution in [1.82, 2.24) is 15.8 Å². The Morgan fingerprint density at radius 1 is 1.00 bits per heavy atom. The number of ether oxygens (including phenoxy) is 3. The van der Waals surface area contributed by atoms with Crippen LogP contribution in [0.5, 0.6) is 11.5 Å². The summed E-state index contributed by atoms with van der Waals surface area (Å²) in [5, 5.41) is 5.76. The quantitative estimate of drug-likeness (QED) is 0.413. The van der Waals surface area contributed by atoms with Crippen LogP contribution in [-0.4, -0.2) is 23.9 Å². The van der Waals surface area contributed by atoms with E-state index in [0.29, 0.717) is 5.76 Å². The Morgan fingerprint density at radius 3 is 2.47 bits per heavy atom. The molecule has 186 valence electrons. The molecule has 3 aromatic carbocycles. The van der Waals surface area contributed by atoms with Crippen molar-refractivity contribution < 1.29 is 19.0 Å². The molecule has 1 saturated heterocycles. The van der Waals surface area contributed by atoms with Crippen molar-refractivity contribution in [3.63, 3.8) is 0 Å². The van der Waals surface area contributed by atoms with E-state index in [-0.39, 0.29) is 24.9 Å². The van der Waals surface area contributed by atoms with Gasteiger partial charge in [0.05, 0.1) is 18.8 Å². The topological polar surface area (TPSA) is 72.1 Å². The summed E-state index contributed by atoms with van der Waals surface area (Å²) in [6.07, 6.45) is 1.51. The van der Waals surface area contributed by atoms with E-state index in [1.165, 1.54) is 16.7 Å². The van der Waals surface area contributed by atoms with Gasteiger partial charge in [0.25, 0.3) is 0 Å². The molecule has 0 saturated carbocycles. The molecule has 5 rings (SSSR count). The van der Waals surface area contributed by atoms with Gasteiger partial charge in [0.2, 0.25) is 0 Å². The standard InChI is InChI=1S/C29H31N3O4/c1-4-34-29(33)36-27-18-30-32-26(24-15-10-19(2)16-20(24)3)17-25(31-28(27)32)21-11-13-23(14-12-21)35-22-8-6-5-7-9-22/h5-16,18,25-26,28,30-31H,4,17H2,1-3H3. The average Bonchev–Trinajstić information content (AvgIpc) is 3.27. The number of nitrogens with zero attached hydrogens (tertiary/aromatic N) is 1. The molecule has 3 unspecified atom stereocenters. The maximum atomic E-state index is 12.1. The van der Waals surface area contributed by atoms with Crippen molar-refractivity contribution in [2.45, 2.75) is 45.4 Å². The van der Waals surface area contributed by atoms with Gasteiger partial charge in [-0.25, -0.2) is 4.79 Å². The highest BCUT2D eigenvalue weighted by Crippen LogP contribution is 2.41. The number of carbonyl (C=O) groups excluding carboxylic acids is 1. The van der Waals surface area contributed by atoms with Crippen molar-refractivity contribution in [2.24, 2.45) is 0 Å². The number of hydrogen-bond acceptors (Lipinski definition) is 7. The monoisotopic (exact) mass is 485 g/mol. The van der Waals surface area contributed by atoms with Gasteiger partial charge >= 0.3 is 6.16 Å².